The molecule has 2 aliphatic rings. The second-order valence-corrected chi connectivity index (χ2v) is 7.14. The van der Waals surface area contributed by atoms with Crippen LogP contribution >= 0.6 is 0 Å². The van der Waals surface area contributed by atoms with E-state index in [-0.39, 0.29) is 29.7 Å². The van der Waals surface area contributed by atoms with Crippen LogP contribution < -0.4 is 4.74 Å². The summed E-state index contributed by atoms with van der Waals surface area (Å²) in [7, 11) is 0. The van der Waals surface area contributed by atoms with Crippen molar-refractivity contribution < 1.29 is 19.0 Å². The van der Waals surface area contributed by atoms with Gasteiger partial charge in [0.15, 0.2) is 5.69 Å². The molecule has 1 amide bonds. The Morgan fingerprint density at radius 1 is 1.23 bits per heavy atom. The number of nitrogens with zero attached hydrogens (tertiary/aromatic N) is 3. The van der Waals surface area contributed by atoms with Crippen LogP contribution in [0.3, 0.4) is 0 Å². The van der Waals surface area contributed by atoms with Gasteiger partial charge >= 0.3 is 0 Å². The molecule has 0 unspecified atom stereocenters. The summed E-state index contributed by atoms with van der Waals surface area (Å²) < 4.78 is 18.9. The molecule has 1 saturated carbocycles. The van der Waals surface area contributed by atoms with Crippen molar-refractivity contribution in [3.63, 3.8) is 0 Å². The van der Waals surface area contributed by atoms with Crippen LogP contribution in [0.4, 0.5) is 4.39 Å². The Kier molecular flexibility index (Phi) is 4.36. The van der Waals surface area contributed by atoms with Crippen LogP contribution in [0, 0.1) is 24.6 Å². The molecular formula is C18H21FN4O3. The molecule has 0 spiro atoms. The molecule has 1 aromatic carbocycles. The summed E-state index contributed by atoms with van der Waals surface area (Å²) in [4.78, 5) is 14.4. The lowest BCUT2D eigenvalue weighted by Crippen LogP contribution is -2.42. The highest BCUT2D eigenvalue weighted by molar-refractivity contribution is 5.93. The predicted octanol–water partition coefficient (Wildman–Crippen LogP) is 1.54. The third kappa shape index (κ3) is 3.16. The lowest BCUT2D eigenvalue weighted by molar-refractivity contribution is -0.0231. The van der Waals surface area contributed by atoms with Gasteiger partial charge < -0.3 is 14.7 Å². The largest absolute Gasteiger partial charge is 0.488 e. The second kappa shape index (κ2) is 6.68. The first-order valence-corrected chi connectivity index (χ1v) is 8.78. The van der Waals surface area contributed by atoms with Gasteiger partial charge in [-0.05, 0) is 55.9 Å². The fraction of sp³-hybridized carbons (Fsp3) is 0.500. The average Bonchev–Trinajstić information content (AvgIpc) is 3.22. The van der Waals surface area contributed by atoms with E-state index < -0.39 is 6.10 Å². The highest BCUT2D eigenvalue weighted by Crippen LogP contribution is 2.38. The zero-order chi connectivity index (χ0) is 18.3. The van der Waals surface area contributed by atoms with Crippen LogP contribution in [-0.4, -0.2) is 56.6 Å². The number of carbonyl (C=O) groups excluding carboxylic acids is 1. The van der Waals surface area contributed by atoms with Crippen molar-refractivity contribution >= 4 is 5.91 Å². The molecule has 0 radical (unpaired) electrons. The molecule has 26 heavy (non-hydrogen) atoms. The molecule has 2 fully saturated rings. The number of ether oxygens (including phenoxy) is 1. The summed E-state index contributed by atoms with van der Waals surface area (Å²) in [6, 6.07) is 5.80. The molecule has 0 bridgehead atoms. The molecular weight excluding hydrogens is 339 g/mol. The van der Waals surface area contributed by atoms with E-state index in [4.69, 9.17) is 4.74 Å². The number of aromatic amines is 1. The summed E-state index contributed by atoms with van der Waals surface area (Å²) >= 11 is 0. The molecule has 4 atom stereocenters. The van der Waals surface area contributed by atoms with Crippen molar-refractivity contribution in [1.82, 2.24) is 20.3 Å². The van der Waals surface area contributed by atoms with Crippen molar-refractivity contribution in [3.05, 3.63) is 41.5 Å². The number of fused-ring (bicyclic) bond motifs is 1. The summed E-state index contributed by atoms with van der Waals surface area (Å²) in [5.41, 5.74) is 0.936. The monoisotopic (exact) mass is 360 g/mol. The molecule has 7 nitrogen and oxygen atoms in total. The maximum atomic E-state index is 13.0. The average molecular weight is 360 g/mol. The molecule has 8 heteroatoms. The standard InChI is InChI=1S/C18H21FN4O3/c1-10-17(21-22-20-10)18(25)23-8-11-6-15(24)16(7-12(11)9-23)26-14-4-2-13(19)3-5-14/h2-5,11-12,15-16,24H,6-9H2,1H3,(H,20,21,22)/t11-,12+,15+,16+/m0/s1. The molecule has 2 N–H and O–H groups in total. The van der Waals surface area contributed by atoms with Gasteiger partial charge in [-0.3, -0.25) is 4.79 Å². The number of hydrogen-bond donors (Lipinski definition) is 2. The maximum Gasteiger partial charge on any atom is 0.276 e. The lowest BCUT2D eigenvalue weighted by Gasteiger charge is -2.35. The van der Waals surface area contributed by atoms with E-state index in [1.54, 1.807) is 24.0 Å². The Labute approximate surface area is 150 Å². The third-order valence-electron chi connectivity index (χ3n) is 5.40. The number of hydrogen-bond acceptors (Lipinski definition) is 5. The molecule has 1 aromatic heterocycles. The van der Waals surface area contributed by atoms with Crippen molar-refractivity contribution in [2.45, 2.75) is 32.0 Å². The number of aliphatic hydroxyl groups is 1. The van der Waals surface area contributed by atoms with Crippen LogP contribution in [-0.2, 0) is 0 Å². The van der Waals surface area contributed by atoms with Crippen molar-refractivity contribution in [1.29, 1.82) is 0 Å². The SMILES string of the molecule is Cc1n[nH]nc1C(=O)N1C[C@H]2C[C@@H](Oc3ccc(F)cc3)[C@H](O)C[C@H]2C1. The number of nitrogens with one attached hydrogen (secondary N) is 1. The molecule has 1 aliphatic carbocycles. The van der Waals surface area contributed by atoms with Gasteiger partial charge in [-0.25, -0.2) is 4.39 Å². The van der Waals surface area contributed by atoms with Gasteiger partial charge in [0.1, 0.15) is 17.7 Å². The molecule has 138 valence electrons. The summed E-state index contributed by atoms with van der Waals surface area (Å²) in [6.07, 6.45) is 0.277. The van der Waals surface area contributed by atoms with Crippen LogP contribution in [0.15, 0.2) is 24.3 Å². The highest BCUT2D eigenvalue weighted by Gasteiger charge is 2.44. The number of halogens is 1. The first kappa shape index (κ1) is 17.0. The van der Waals surface area contributed by atoms with Gasteiger partial charge in [0.25, 0.3) is 5.91 Å². The van der Waals surface area contributed by atoms with Crippen molar-refractivity contribution in [2.75, 3.05) is 13.1 Å². The first-order valence-electron chi connectivity index (χ1n) is 8.78. The number of carbonyl (C=O) groups is 1. The number of rotatable bonds is 3. The van der Waals surface area contributed by atoms with Crippen LogP contribution in [0.5, 0.6) is 5.75 Å². The second-order valence-electron chi connectivity index (χ2n) is 7.14. The quantitative estimate of drug-likeness (QED) is 0.866. The van der Waals surface area contributed by atoms with Gasteiger partial charge in [-0.1, -0.05) is 0 Å². The van der Waals surface area contributed by atoms with Crippen LogP contribution in [0.2, 0.25) is 0 Å². The number of H-pyrrole nitrogens is 1. The van der Waals surface area contributed by atoms with E-state index in [0.717, 1.165) is 0 Å². The lowest BCUT2D eigenvalue weighted by atomic mass is 9.78. The van der Waals surface area contributed by atoms with Crippen LogP contribution in [0.1, 0.15) is 29.0 Å². The summed E-state index contributed by atoms with van der Waals surface area (Å²) in [5.74, 6) is 0.595. The van der Waals surface area contributed by atoms with Gasteiger partial charge in [0.05, 0.1) is 11.8 Å². The highest BCUT2D eigenvalue weighted by atomic mass is 19.1. The fourth-order valence-corrected chi connectivity index (χ4v) is 4.01. The number of aryl methyl sites for hydroxylation is 1. The van der Waals surface area contributed by atoms with Gasteiger partial charge in [0, 0.05) is 13.1 Å². The minimum Gasteiger partial charge on any atom is -0.488 e. The molecule has 1 aliphatic heterocycles. The van der Waals surface area contributed by atoms with E-state index in [9.17, 15) is 14.3 Å². The number of benzene rings is 1. The minimum atomic E-state index is -0.606. The van der Waals surface area contributed by atoms with Gasteiger partial charge in [-0.2, -0.15) is 15.4 Å². The Morgan fingerprint density at radius 2 is 1.92 bits per heavy atom. The Balaban J connectivity index is 1.42. The fourth-order valence-electron chi connectivity index (χ4n) is 4.01. The third-order valence-corrected chi connectivity index (χ3v) is 5.40. The minimum absolute atomic E-state index is 0.129. The Morgan fingerprint density at radius 3 is 2.58 bits per heavy atom. The molecule has 4 rings (SSSR count). The normalized spacial score (nSPS) is 28.0. The molecule has 1 saturated heterocycles. The van der Waals surface area contributed by atoms with Crippen LogP contribution in [0.25, 0.3) is 0 Å². The molecule has 2 heterocycles. The summed E-state index contributed by atoms with van der Waals surface area (Å²) in [5, 5.41) is 20.8. The van der Waals surface area contributed by atoms with E-state index in [2.05, 4.69) is 15.4 Å². The maximum absolute atomic E-state index is 13.0. The number of aliphatic hydroxyl groups excluding tert-OH is 1. The van der Waals surface area contributed by atoms with E-state index in [1.807, 2.05) is 0 Å². The first-order chi connectivity index (χ1) is 12.5. The van der Waals surface area contributed by atoms with E-state index in [1.165, 1.54) is 12.1 Å². The van der Waals surface area contributed by atoms with Crippen molar-refractivity contribution in [3.8, 4) is 5.75 Å². The number of aromatic nitrogens is 3. The predicted molar refractivity (Wildman–Crippen MR) is 90.1 cm³/mol. The topological polar surface area (TPSA) is 91.3 Å². The van der Waals surface area contributed by atoms with Gasteiger partial charge in [-0.15, -0.1) is 0 Å². The number of amides is 1. The van der Waals surface area contributed by atoms with E-state index >= 15 is 0 Å². The Bertz CT molecular complexity index is 794. The zero-order valence-electron chi connectivity index (χ0n) is 14.4. The molecule has 2 aromatic rings. The van der Waals surface area contributed by atoms with Gasteiger partial charge in [0.2, 0.25) is 0 Å². The Hall–Kier alpha value is -2.48. The summed E-state index contributed by atoms with van der Waals surface area (Å²) in [6.45, 7) is 2.97. The number of likely N-dealkylation sites (tertiary alicyclic amines) is 1. The van der Waals surface area contributed by atoms with Crippen molar-refractivity contribution in [2.24, 2.45) is 11.8 Å². The van der Waals surface area contributed by atoms with E-state index in [0.29, 0.717) is 43.1 Å². The smallest absolute Gasteiger partial charge is 0.276 e. The zero-order valence-corrected chi connectivity index (χ0v) is 14.4.